The van der Waals surface area contributed by atoms with Crippen LogP contribution in [-0.4, -0.2) is 44.5 Å². The van der Waals surface area contributed by atoms with Gasteiger partial charge in [-0.2, -0.15) is 0 Å². The molecule has 8 nitrogen and oxygen atoms in total. The van der Waals surface area contributed by atoms with Crippen LogP contribution in [0.2, 0.25) is 0 Å². The minimum Gasteiger partial charge on any atom is -0.498 e. The van der Waals surface area contributed by atoms with Crippen LogP contribution >= 0.6 is 0 Å². The molecule has 0 spiro atoms. The van der Waals surface area contributed by atoms with E-state index in [0.29, 0.717) is 37.1 Å². The van der Waals surface area contributed by atoms with Crippen LogP contribution in [0, 0.1) is 0 Å². The van der Waals surface area contributed by atoms with Gasteiger partial charge in [0.25, 0.3) is 0 Å². The first-order valence-corrected chi connectivity index (χ1v) is 9.86. The van der Waals surface area contributed by atoms with E-state index in [1.54, 1.807) is 36.4 Å². The zero-order chi connectivity index (χ0) is 22.6. The van der Waals surface area contributed by atoms with Crippen molar-refractivity contribution in [3.05, 3.63) is 70.8 Å². The summed E-state index contributed by atoms with van der Waals surface area (Å²) in [5.41, 5.74) is 2.40. The Morgan fingerprint density at radius 3 is 1.55 bits per heavy atom. The Hall–Kier alpha value is -3.62. The Balaban J connectivity index is 1.82. The average molecular weight is 424 g/mol. The molecule has 162 valence electrons. The van der Waals surface area contributed by atoms with Crippen molar-refractivity contribution in [2.45, 2.75) is 26.7 Å². The minimum absolute atomic E-state index is 0.115. The van der Waals surface area contributed by atoms with Gasteiger partial charge in [0.15, 0.2) is 0 Å². The van der Waals surface area contributed by atoms with E-state index in [1.165, 1.54) is 13.8 Å². The normalized spacial score (nSPS) is 10.0. The molecular weight excluding hydrogens is 399 g/mol. The summed E-state index contributed by atoms with van der Waals surface area (Å²) in [5.74, 6) is -1.46. The van der Waals surface area contributed by atoms with Gasteiger partial charge >= 0.3 is 19.6 Å². The molecule has 0 aliphatic rings. The lowest BCUT2D eigenvalue weighted by Gasteiger charge is -2.08. The molecule has 2 rings (SSSR count). The number of hydrogen-bond donors (Lipinski definition) is 2. The highest BCUT2D eigenvalue weighted by Gasteiger charge is 2.13. The molecule has 0 aromatic heterocycles. The summed E-state index contributed by atoms with van der Waals surface area (Å²) in [6.07, 6.45) is 1.15. The third-order valence-corrected chi connectivity index (χ3v) is 4.28. The Morgan fingerprint density at radius 1 is 0.742 bits per heavy atom. The molecule has 0 heterocycles. The summed E-state index contributed by atoms with van der Waals surface area (Å²) in [6.45, 7) is 3.82. The van der Waals surface area contributed by atoms with E-state index in [9.17, 15) is 19.2 Å². The summed E-state index contributed by atoms with van der Waals surface area (Å²) in [4.78, 5) is 46.3. The van der Waals surface area contributed by atoms with Crippen LogP contribution in [0.4, 0.5) is 0 Å². The van der Waals surface area contributed by atoms with Gasteiger partial charge in [0.05, 0.1) is 11.1 Å². The summed E-state index contributed by atoms with van der Waals surface area (Å²) in [5, 5.41) is 5.39. The molecule has 0 bridgehead atoms. The molecule has 0 unspecified atom stereocenters. The van der Waals surface area contributed by atoms with Crippen LogP contribution in [0.5, 0.6) is 0 Å². The molecule has 0 aliphatic carbocycles. The van der Waals surface area contributed by atoms with Crippen molar-refractivity contribution in [1.29, 1.82) is 0 Å². The highest BCUT2D eigenvalue weighted by Crippen LogP contribution is 2.09. The Labute approximate surface area is 181 Å². The number of carbonyl (C=O) groups excluding carboxylic acids is 4. The van der Waals surface area contributed by atoms with Crippen molar-refractivity contribution in [3.8, 4) is 0 Å². The lowest BCUT2D eigenvalue weighted by molar-refractivity contribution is -0.119. The fourth-order valence-electron chi connectivity index (χ4n) is 2.78. The van der Waals surface area contributed by atoms with Gasteiger partial charge < -0.3 is 19.9 Å². The summed E-state index contributed by atoms with van der Waals surface area (Å²) in [6, 6.07) is 13.7. The second-order valence-electron chi connectivity index (χ2n) is 6.85. The number of hydrogen-bond acceptors (Lipinski definition) is 6. The van der Waals surface area contributed by atoms with Crippen LogP contribution in [0.1, 0.15) is 45.7 Å². The summed E-state index contributed by atoms with van der Waals surface area (Å²) in [7, 11) is -0.510. The molecule has 2 aromatic rings. The zero-order valence-corrected chi connectivity index (χ0v) is 17.6. The fraction of sp³-hybridized carbons (Fsp3) is 0.273. The average Bonchev–Trinajstić information content (AvgIpc) is 2.73. The van der Waals surface area contributed by atoms with Crippen molar-refractivity contribution in [2.24, 2.45) is 0 Å². The van der Waals surface area contributed by atoms with Gasteiger partial charge in [0.2, 0.25) is 11.8 Å². The van der Waals surface area contributed by atoms with Gasteiger partial charge in [0.1, 0.15) is 0 Å². The minimum atomic E-state index is -0.613. The fourth-order valence-corrected chi connectivity index (χ4v) is 2.78. The first-order valence-electron chi connectivity index (χ1n) is 9.86. The molecule has 0 radical (unpaired) electrons. The van der Waals surface area contributed by atoms with Crippen molar-refractivity contribution >= 4 is 31.4 Å². The molecule has 2 N–H and O–H groups in total. The zero-order valence-electron chi connectivity index (χ0n) is 17.6. The van der Waals surface area contributed by atoms with Gasteiger partial charge in [0, 0.05) is 26.9 Å². The van der Waals surface area contributed by atoms with Crippen LogP contribution in [0.15, 0.2) is 48.5 Å². The Morgan fingerprint density at radius 2 is 1.16 bits per heavy atom. The molecular formula is C22H25BN2O6. The maximum absolute atomic E-state index is 12.2. The predicted molar refractivity (Wildman–Crippen MR) is 116 cm³/mol. The third-order valence-electron chi connectivity index (χ3n) is 4.28. The maximum atomic E-state index is 12.2. The molecule has 2 aromatic carbocycles. The number of rotatable bonds is 10. The quantitative estimate of drug-likeness (QED) is 0.557. The third kappa shape index (κ3) is 8.73. The molecule has 2 amide bonds. The van der Waals surface area contributed by atoms with E-state index in [2.05, 4.69) is 10.6 Å². The van der Waals surface area contributed by atoms with E-state index >= 15 is 0 Å². The van der Waals surface area contributed by atoms with Gasteiger partial charge in [-0.25, -0.2) is 9.59 Å². The van der Waals surface area contributed by atoms with E-state index in [0.717, 1.165) is 11.1 Å². The van der Waals surface area contributed by atoms with Crippen molar-refractivity contribution in [1.82, 2.24) is 10.6 Å². The standard InChI is InChI=1S/C22H25BN2O6/c1-15(26)24-11-9-17-5-3-7-19(13-17)21(28)30-23-31-22(29)20-8-4-6-18(14-20)10-12-25-16(2)27/h3-8,13-14,23H,9-12H2,1-2H3,(H,24,26)(H,25,27). The lowest BCUT2D eigenvalue weighted by Crippen LogP contribution is -2.22. The van der Waals surface area contributed by atoms with Crippen molar-refractivity contribution in [3.63, 3.8) is 0 Å². The smallest absolute Gasteiger partial charge is 0.498 e. The lowest BCUT2D eigenvalue weighted by atomic mass is 10.1. The molecule has 0 fully saturated rings. The second kappa shape index (κ2) is 12.2. The summed E-state index contributed by atoms with van der Waals surface area (Å²) >= 11 is 0. The monoisotopic (exact) mass is 424 g/mol. The highest BCUT2D eigenvalue weighted by molar-refractivity contribution is 6.28. The first kappa shape index (κ1) is 23.7. The second-order valence-corrected chi connectivity index (χ2v) is 6.85. The summed E-state index contributed by atoms with van der Waals surface area (Å²) < 4.78 is 10.1. The number of amides is 2. The SMILES string of the molecule is CC(=O)NCCc1cccc(C(=O)OBOC(=O)c2cccc(CCNC(C)=O)c2)c1. The molecule has 31 heavy (non-hydrogen) atoms. The topological polar surface area (TPSA) is 111 Å². The van der Waals surface area contributed by atoms with E-state index in [4.69, 9.17) is 9.31 Å². The van der Waals surface area contributed by atoms with Gasteiger partial charge in [-0.1, -0.05) is 24.3 Å². The van der Waals surface area contributed by atoms with Gasteiger partial charge in [-0.15, -0.1) is 0 Å². The molecule has 0 saturated carbocycles. The molecule has 0 atom stereocenters. The van der Waals surface area contributed by atoms with E-state index < -0.39 is 19.6 Å². The van der Waals surface area contributed by atoms with Gasteiger partial charge in [-0.3, -0.25) is 9.59 Å². The van der Waals surface area contributed by atoms with Crippen LogP contribution < -0.4 is 10.6 Å². The Bertz CT molecular complexity index is 872. The van der Waals surface area contributed by atoms with E-state index in [1.807, 2.05) is 12.1 Å². The predicted octanol–water partition coefficient (Wildman–Crippen LogP) is 1.32. The van der Waals surface area contributed by atoms with Crippen LogP contribution in [0.25, 0.3) is 0 Å². The molecule has 0 saturated heterocycles. The van der Waals surface area contributed by atoms with Crippen molar-refractivity contribution < 1.29 is 28.5 Å². The first-order chi connectivity index (χ1) is 14.8. The van der Waals surface area contributed by atoms with Crippen LogP contribution in [-0.2, 0) is 31.7 Å². The number of carbonyl (C=O) groups is 4. The molecule has 9 heteroatoms. The number of nitrogens with one attached hydrogen (secondary N) is 2. The highest BCUT2D eigenvalue weighted by atomic mass is 16.6. The van der Waals surface area contributed by atoms with Crippen molar-refractivity contribution in [2.75, 3.05) is 13.1 Å². The maximum Gasteiger partial charge on any atom is 0.580 e. The molecule has 0 aliphatic heterocycles. The van der Waals surface area contributed by atoms with Crippen LogP contribution in [0.3, 0.4) is 0 Å². The van der Waals surface area contributed by atoms with E-state index in [-0.39, 0.29) is 11.8 Å². The largest absolute Gasteiger partial charge is 0.580 e. The number of benzene rings is 2. The van der Waals surface area contributed by atoms with Gasteiger partial charge in [-0.05, 0) is 48.2 Å². The Kier molecular flexibility index (Phi) is 9.29.